The van der Waals surface area contributed by atoms with Gasteiger partial charge in [0.25, 0.3) is 5.82 Å². The van der Waals surface area contributed by atoms with Crippen molar-refractivity contribution in [3.05, 3.63) is 46.2 Å². The van der Waals surface area contributed by atoms with Crippen LogP contribution < -0.4 is 9.64 Å². The predicted molar refractivity (Wildman–Crippen MR) is 103 cm³/mol. The van der Waals surface area contributed by atoms with E-state index in [2.05, 4.69) is 15.3 Å². The normalized spacial score (nSPS) is 15.9. The van der Waals surface area contributed by atoms with E-state index in [0.29, 0.717) is 48.1 Å². The summed E-state index contributed by atoms with van der Waals surface area (Å²) in [6.45, 7) is 4.79. The Balaban J connectivity index is 1.56. The summed E-state index contributed by atoms with van der Waals surface area (Å²) < 4.78 is 46.5. The van der Waals surface area contributed by atoms with Crippen LogP contribution in [0.5, 0.6) is 5.75 Å². The highest BCUT2D eigenvalue weighted by molar-refractivity contribution is 6.32. The lowest BCUT2D eigenvalue weighted by Gasteiger charge is -2.34. The van der Waals surface area contributed by atoms with E-state index in [-0.39, 0.29) is 11.8 Å². The Morgan fingerprint density at radius 3 is 2.41 bits per heavy atom. The number of fused-ring (bicyclic) bond motifs is 1. The van der Waals surface area contributed by atoms with Crippen molar-refractivity contribution in [2.45, 2.75) is 39.0 Å². The van der Waals surface area contributed by atoms with Crippen LogP contribution in [0.2, 0.25) is 5.02 Å². The molecule has 1 aromatic carbocycles. The maximum atomic E-state index is 13.2. The van der Waals surface area contributed by atoms with Crippen molar-refractivity contribution in [3.63, 3.8) is 0 Å². The lowest BCUT2D eigenvalue weighted by atomic mass is 10.1. The van der Waals surface area contributed by atoms with Gasteiger partial charge in [0.05, 0.1) is 5.02 Å². The van der Waals surface area contributed by atoms with Gasteiger partial charge in [0, 0.05) is 37.1 Å². The first-order chi connectivity index (χ1) is 13.8. The van der Waals surface area contributed by atoms with E-state index in [1.807, 2.05) is 30.0 Å². The summed E-state index contributed by atoms with van der Waals surface area (Å²) in [7, 11) is 0. The molecule has 0 N–H and O–H groups in total. The molecule has 4 rings (SSSR count). The molecule has 29 heavy (non-hydrogen) atoms. The first kappa shape index (κ1) is 19.8. The number of aromatic nitrogens is 4. The minimum Gasteiger partial charge on any atom is -0.489 e. The summed E-state index contributed by atoms with van der Waals surface area (Å²) >= 11 is 6.15. The molecule has 0 aliphatic carbocycles. The first-order valence-electron chi connectivity index (χ1n) is 9.21. The Kier molecular flexibility index (Phi) is 5.02. The number of nitrogens with zero attached hydrogens (tertiary/aromatic N) is 5. The molecule has 0 spiro atoms. The number of para-hydroxylation sites is 1. The molecule has 1 aliphatic heterocycles. The smallest absolute Gasteiger partial charge is 0.453 e. The molecule has 1 fully saturated rings. The Morgan fingerprint density at radius 2 is 1.76 bits per heavy atom. The molecule has 6 nitrogen and oxygen atoms in total. The highest BCUT2D eigenvalue weighted by Crippen LogP contribution is 2.32. The van der Waals surface area contributed by atoms with Crippen LogP contribution in [-0.2, 0) is 6.18 Å². The molecule has 3 heterocycles. The number of aryl methyl sites for hydroxylation is 1. The fourth-order valence-electron chi connectivity index (χ4n) is 3.50. The largest absolute Gasteiger partial charge is 0.489 e. The average molecular weight is 426 g/mol. The van der Waals surface area contributed by atoms with E-state index in [1.54, 1.807) is 13.0 Å². The van der Waals surface area contributed by atoms with Crippen LogP contribution in [0.3, 0.4) is 0 Å². The van der Waals surface area contributed by atoms with Gasteiger partial charge in [-0.2, -0.15) is 17.7 Å². The minimum absolute atomic E-state index is 0.0167. The van der Waals surface area contributed by atoms with Crippen LogP contribution in [0.15, 0.2) is 24.3 Å². The van der Waals surface area contributed by atoms with Gasteiger partial charge >= 0.3 is 6.18 Å². The summed E-state index contributed by atoms with van der Waals surface area (Å²) in [5.41, 5.74) is 1.55. The van der Waals surface area contributed by atoms with Crippen LogP contribution in [0.25, 0.3) is 5.65 Å². The minimum atomic E-state index is -4.62. The first-order valence-corrected chi connectivity index (χ1v) is 9.59. The third-order valence-electron chi connectivity index (χ3n) is 5.19. The molecule has 0 unspecified atom stereocenters. The van der Waals surface area contributed by atoms with E-state index in [9.17, 15) is 13.2 Å². The quantitative estimate of drug-likeness (QED) is 0.620. The van der Waals surface area contributed by atoms with Crippen molar-refractivity contribution in [3.8, 4) is 5.75 Å². The number of alkyl halides is 3. The van der Waals surface area contributed by atoms with Crippen LogP contribution in [0, 0.1) is 13.8 Å². The maximum Gasteiger partial charge on any atom is 0.453 e. The van der Waals surface area contributed by atoms with Crippen LogP contribution >= 0.6 is 11.6 Å². The van der Waals surface area contributed by atoms with Gasteiger partial charge in [0.2, 0.25) is 0 Å². The molecule has 2 aromatic heterocycles. The average Bonchev–Trinajstić information content (AvgIpc) is 3.12. The Labute approximate surface area is 170 Å². The van der Waals surface area contributed by atoms with Crippen molar-refractivity contribution in [1.29, 1.82) is 0 Å². The van der Waals surface area contributed by atoms with Crippen LogP contribution in [0.4, 0.5) is 19.0 Å². The van der Waals surface area contributed by atoms with Gasteiger partial charge < -0.3 is 9.64 Å². The SMILES string of the molecule is Cc1c(N2CCC(Oc3ccccc3Cl)CC2)nn2c(C(F)(F)F)nnc2c1C. The molecule has 10 heteroatoms. The molecule has 154 valence electrons. The molecular weight excluding hydrogens is 407 g/mol. The van der Waals surface area contributed by atoms with Gasteiger partial charge in [-0.25, -0.2) is 0 Å². The van der Waals surface area contributed by atoms with Crippen molar-refractivity contribution in [1.82, 2.24) is 19.8 Å². The van der Waals surface area contributed by atoms with E-state index in [0.717, 1.165) is 10.1 Å². The van der Waals surface area contributed by atoms with E-state index >= 15 is 0 Å². The topological polar surface area (TPSA) is 55.5 Å². The zero-order valence-electron chi connectivity index (χ0n) is 15.9. The van der Waals surface area contributed by atoms with Crippen LogP contribution in [0.1, 0.15) is 29.8 Å². The van der Waals surface area contributed by atoms with Gasteiger partial charge in [0.1, 0.15) is 11.9 Å². The van der Waals surface area contributed by atoms with E-state index in [4.69, 9.17) is 16.3 Å². The highest BCUT2D eigenvalue weighted by atomic mass is 35.5. The van der Waals surface area contributed by atoms with Crippen molar-refractivity contribution in [2.75, 3.05) is 18.0 Å². The number of piperidine rings is 1. The summed E-state index contributed by atoms with van der Waals surface area (Å²) in [4.78, 5) is 1.98. The standard InChI is InChI=1S/C19H19ClF3N5O/c1-11-12(2)17(26-28-16(11)24-25-18(28)19(21,22)23)27-9-7-13(8-10-27)29-15-6-4-3-5-14(15)20/h3-6,13H,7-10H2,1-2H3. The molecule has 0 atom stereocenters. The number of ether oxygens (including phenoxy) is 1. The van der Waals surface area contributed by atoms with Gasteiger partial charge in [-0.1, -0.05) is 23.7 Å². The van der Waals surface area contributed by atoms with E-state index < -0.39 is 12.0 Å². The third-order valence-corrected chi connectivity index (χ3v) is 5.51. The fraction of sp³-hybridized carbons (Fsp3) is 0.421. The van der Waals surface area contributed by atoms with Crippen LogP contribution in [-0.4, -0.2) is 39.0 Å². The number of anilines is 1. The number of hydrogen-bond acceptors (Lipinski definition) is 5. The zero-order valence-corrected chi connectivity index (χ0v) is 16.6. The van der Waals surface area contributed by atoms with Crippen molar-refractivity contribution < 1.29 is 17.9 Å². The summed E-state index contributed by atoms with van der Waals surface area (Å²) in [6.07, 6.45) is -3.23. The molecule has 0 radical (unpaired) electrons. The van der Waals surface area contributed by atoms with Gasteiger partial charge in [0.15, 0.2) is 11.5 Å². The molecule has 0 amide bonds. The number of benzene rings is 1. The number of rotatable bonds is 3. The summed E-state index contributed by atoms with van der Waals surface area (Å²) in [5.74, 6) is 0.0313. The molecule has 0 bridgehead atoms. The third kappa shape index (κ3) is 3.71. The Hall–Kier alpha value is -2.55. The second-order valence-electron chi connectivity index (χ2n) is 7.07. The van der Waals surface area contributed by atoms with Gasteiger partial charge in [-0.3, -0.25) is 0 Å². The summed E-state index contributed by atoms with van der Waals surface area (Å²) in [6, 6.07) is 7.29. The number of hydrogen-bond donors (Lipinski definition) is 0. The summed E-state index contributed by atoms with van der Waals surface area (Å²) in [5, 5.41) is 11.8. The number of halogens is 4. The lowest BCUT2D eigenvalue weighted by molar-refractivity contribution is -0.146. The molecule has 0 saturated carbocycles. The second kappa shape index (κ2) is 7.37. The molecule has 1 saturated heterocycles. The zero-order chi connectivity index (χ0) is 20.8. The second-order valence-corrected chi connectivity index (χ2v) is 7.47. The maximum absolute atomic E-state index is 13.2. The fourth-order valence-corrected chi connectivity index (χ4v) is 3.68. The molecular formula is C19H19ClF3N5O. The van der Waals surface area contributed by atoms with Crippen molar-refractivity contribution in [2.24, 2.45) is 0 Å². The lowest BCUT2D eigenvalue weighted by Crippen LogP contribution is -2.39. The van der Waals surface area contributed by atoms with Gasteiger partial charge in [-0.15, -0.1) is 15.3 Å². The Bertz CT molecular complexity index is 1040. The van der Waals surface area contributed by atoms with Crippen molar-refractivity contribution >= 4 is 23.1 Å². The molecule has 1 aliphatic rings. The molecule has 3 aromatic rings. The monoisotopic (exact) mass is 425 g/mol. The van der Waals surface area contributed by atoms with E-state index in [1.165, 1.54) is 0 Å². The predicted octanol–water partition coefficient (Wildman–Crippen LogP) is 4.46. The highest BCUT2D eigenvalue weighted by Gasteiger charge is 2.38. The Morgan fingerprint density at radius 1 is 1.07 bits per heavy atom. The van der Waals surface area contributed by atoms with Gasteiger partial charge in [-0.05, 0) is 26.0 Å².